The van der Waals surface area contributed by atoms with Gasteiger partial charge in [-0.15, -0.1) is 0 Å². The van der Waals surface area contributed by atoms with Crippen LogP contribution in [0.4, 0.5) is 0 Å². The Morgan fingerprint density at radius 3 is 2.39 bits per heavy atom. The Morgan fingerprint density at radius 1 is 1.17 bits per heavy atom. The van der Waals surface area contributed by atoms with Crippen LogP contribution in [0.1, 0.15) is 17.2 Å². The van der Waals surface area contributed by atoms with Crippen LogP contribution in [0.2, 0.25) is 5.02 Å². The van der Waals surface area contributed by atoms with Crippen LogP contribution < -0.4 is 10.5 Å². The zero-order valence-electron chi connectivity index (χ0n) is 9.86. The molecule has 4 heteroatoms. The molecule has 0 radical (unpaired) electrons. The van der Waals surface area contributed by atoms with E-state index in [1.54, 1.807) is 7.11 Å². The van der Waals surface area contributed by atoms with Crippen molar-refractivity contribution in [3.63, 3.8) is 0 Å². The van der Waals surface area contributed by atoms with Crippen molar-refractivity contribution in [2.24, 2.45) is 5.73 Å². The fourth-order valence-corrected chi connectivity index (χ4v) is 2.54. The quantitative estimate of drug-likeness (QED) is 0.919. The molecule has 0 bridgehead atoms. The molecule has 2 aromatic rings. The maximum atomic E-state index is 6.22. The molecule has 2 nitrogen and oxygen atoms in total. The third kappa shape index (κ3) is 2.86. The zero-order valence-corrected chi connectivity index (χ0v) is 12.2. The number of nitrogens with two attached hydrogens (primary N) is 1. The lowest BCUT2D eigenvalue weighted by Gasteiger charge is -2.15. The van der Waals surface area contributed by atoms with Gasteiger partial charge in [0.2, 0.25) is 0 Å². The van der Waals surface area contributed by atoms with E-state index in [2.05, 4.69) is 15.9 Å². The van der Waals surface area contributed by atoms with Gasteiger partial charge in [0.1, 0.15) is 5.75 Å². The van der Waals surface area contributed by atoms with E-state index >= 15 is 0 Å². The van der Waals surface area contributed by atoms with Crippen LogP contribution in [0.25, 0.3) is 0 Å². The molecule has 0 aliphatic rings. The summed E-state index contributed by atoms with van der Waals surface area (Å²) in [6, 6.07) is 13.1. The van der Waals surface area contributed by atoms with Crippen molar-refractivity contribution in [1.29, 1.82) is 0 Å². The number of rotatable bonds is 3. The third-order valence-corrected chi connectivity index (χ3v) is 3.59. The Morgan fingerprint density at radius 2 is 1.83 bits per heavy atom. The molecule has 18 heavy (non-hydrogen) atoms. The molecule has 94 valence electrons. The van der Waals surface area contributed by atoms with Gasteiger partial charge in [-0.3, -0.25) is 0 Å². The monoisotopic (exact) mass is 325 g/mol. The minimum absolute atomic E-state index is 0.239. The summed E-state index contributed by atoms with van der Waals surface area (Å²) < 4.78 is 6.06. The van der Waals surface area contributed by atoms with Crippen LogP contribution in [0.5, 0.6) is 5.75 Å². The predicted octanol–water partition coefficient (Wildman–Crippen LogP) is 4.16. The first kappa shape index (κ1) is 13.4. The number of halogens is 2. The lowest BCUT2D eigenvalue weighted by Crippen LogP contribution is -2.12. The van der Waals surface area contributed by atoms with Crippen molar-refractivity contribution in [2.45, 2.75) is 6.04 Å². The molecule has 0 fully saturated rings. The second-order valence-corrected chi connectivity index (χ2v) is 5.24. The Balaban J connectivity index is 2.31. The molecule has 2 N–H and O–H groups in total. The van der Waals surface area contributed by atoms with E-state index in [0.29, 0.717) is 5.02 Å². The van der Waals surface area contributed by atoms with E-state index in [1.165, 1.54) is 0 Å². The lowest BCUT2D eigenvalue weighted by molar-refractivity contribution is 0.414. The highest BCUT2D eigenvalue weighted by molar-refractivity contribution is 9.10. The highest BCUT2D eigenvalue weighted by atomic mass is 79.9. The van der Waals surface area contributed by atoms with Crippen LogP contribution >= 0.6 is 27.5 Å². The third-order valence-electron chi connectivity index (χ3n) is 2.77. The molecule has 0 amide bonds. The molecule has 0 aromatic heterocycles. The zero-order chi connectivity index (χ0) is 13.1. The van der Waals surface area contributed by atoms with Gasteiger partial charge >= 0.3 is 0 Å². The van der Waals surface area contributed by atoms with Gasteiger partial charge in [0.25, 0.3) is 0 Å². The minimum Gasteiger partial charge on any atom is -0.497 e. The summed E-state index contributed by atoms with van der Waals surface area (Å²) in [4.78, 5) is 0. The molecule has 2 aromatic carbocycles. The van der Waals surface area contributed by atoms with Crippen molar-refractivity contribution in [3.8, 4) is 5.75 Å². The number of ether oxygens (including phenoxy) is 1. The van der Waals surface area contributed by atoms with Gasteiger partial charge in [-0.25, -0.2) is 0 Å². The Bertz CT molecular complexity index is 542. The van der Waals surface area contributed by atoms with Gasteiger partial charge in [-0.2, -0.15) is 0 Å². The van der Waals surface area contributed by atoms with Crippen molar-refractivity contribution >= 4 is 27.5 Å². The first-order valence-corrected chi connectivity index (χ1v) is 6.63. The summed E-state index contributed by atoms with van der Waals surface area (Å²) in [6.45, 7) is 0. The van der Waals surface area contributed by atoms with E-state index in [4.69, 9.17) is 22.1 Å². The molecule has 0 spiro atoms. The average molecular weight is 327 g/mol. The van der Waals surface area contributed by atoms with Crippen LogP contribution in [0.15, 0.2) is 46.9 Å². The van der Waals surface area contributed by atoms with Crippen molar-refractivity contribution in [3.05, 3.63) is 63.1 Å². The first-order valence-electron chi connectivity index (χ1n) is 5.46. The van der Waals surface area contributed by atoms with Crippen LogP contribution in [-0.2, 0) is 0 Å². The van der Waals surface area contributed by atoms with E-state index in [-0.39, 0.29) is 6.04 Å². The summed E-state index contributed by atoms with van der Waals surface area (Å²) in [7, 11) is 1.64. The number of methoxy groups -OCH3 is 1. The minimum atomic E-state index is -0.239. The van der Waals surface area contributed by atoms with E-state index in [9.17, 15) is 0 Å². The van der Waals surface area contributed by atoms with Gasteiger partial charge < -0.3 is 10.5 Å². The van der Waals surface area contributed by atoms with Gasteiger partial charge in [0.05, 0.1) is 13.2 Å². The topological polar surface area (TPSA) is 35.2 Å². The molecule has 0 saturated heterocycles. The fraction of sp³-hybridized carbons (Fsp3) is 0.143. The maximum absolute atomic E-state index is 6.22. The highest BCUT2D eigenvalue weighted by Gasteiger charge is 2.12. The molecular weight excluding hydrogens is 314 g/mol. The smallest absolute Gasteiger partial charge is 0.118 e. The van der Waals surface area contributed by atoms with E-state index < -0.39 is 0 Å². The average Bonchev–Trinajstić information content (AvgIpc) is 2.38. The van der Waals surface area contributed by atoms with Crippen molar-refractivity contribution < 1.29 is 4.74 Å². The van der Waals surface area contributed by atoms with Crippen LogP contribution in [-0.4, -0.2) is 7.11 Å². The van der Waals surface area contributed by atoms with E-state index in [1.807, 2.05) is 42.5 Å². The Labute approximate surface area is 120 Å². The first-order chi connectivity index (χ1) is 8.61. The molecule has 1 atom stereocenters. The SMILES string of the molecule is COc1ccc(C(N)c2ccc(Br)cc2Cl)cc1. The Hall–Kier alpha value is -1.03. The van der Waals surface area contributed by atoms with Crippen molar-refractivity contribution in [1.82, 2.24) is 0 Å². The summed E-state index contributed by atoms with van der Waals surface area (Å²) in [5, 5.41) is 0.660. The molecule has 0 aliphatic carbocycles. The normalized spacial score (nSPS) is 12.2. The Kier molecular flexibility index (Phi) is 4.27. The lowest BCUT2D eigenvalue weighted by atomic mass is 9.99. The summed E-state index contributed by atoms with van der Waals surface area (Å²) >= 11 is 9.58. The molecule has 2 rings (SSSR count). The van der Waals surface area contributed by atoms with Gasteiger partial charge in [0, 0.05) is 9.50 Å². The van der Waals surface area contributed by atoms with E-state index in [0.717, 1.165) is 21.3 Å². The number of hydrogen-bond acceptors (Lipinski definition) is 2. The van der Waals surface area contributed by atoms with Gasteiger partial charge in [-0.1, -0.05) is 45.7 Å². The number of benzene rings is 2. The summed E-state index contributed by atoms with van der Waals surface area (Å²) in [5.74, 6) is 0.813. The fourth-order valence-electron chi connectivity index (χ4n) is 1.74. The van der Waals surface area contributed by atoms with Crippen molar-refractivity contribution in [2.75, 3.05) is 7.11 Å². The molecule has 0 heterocycles. The predicted molar refractivity (Wildman–Crippen MR) is 78.2 cm³/mol. The van der Waals surface area contributed by atoms with Crippen LogP contribution in [0, 0.1) is 0 Å². The summed E-state index contributed by atoms with van der Waals surface area (Å²) in [6.07, 6.45) is 0. The van der Waals surface area contributed by atoms with Crippen LogP contribution in [0.3, 0.4) is 0 Å². The maximum Gasteiger partial charge on any atom is 0.118 e. The second-order valence-electron chi connectivity index (χ2n) is 3.92. The van der Waals surface area contributed by atoms with Gasteiger partial charge in [-0.05, 0) is 35.4 Å². The van der Waals surface area contributed by atoms with Gasteiger partial charge in [0.15, 0.2) is 0 Å². The molecular formula is C14H13BrClNO. The largest absolute Gasteiger partial charge is 0.497 e. The molecule has 0 aliphatic heterocycles. The standard InChI is InChI=1S/C14H13BrClNO/c1-18-11-5-2-9(3-6-11)14(17)12-7-4-10(15)8-13(12)16/h2-8,14H,17H2,1H3. The highest BCUT2D eigenvalue weighted by Crippen LogP contribution is 2.29. The molecule has 1 unspecified atom stereocenters. The molecule has 0 saturated carbocycles. The summed E-state index contributed by atoms with van der Waals surface area (Å²) in [5.41, 5.74) is 8.13. The second kappa shape index (κ2) is 5.74. The number of hydrogen-bond donors (Lipinski definition) is 1.